The van der Waals surface area contributed by atoms with Crippen LogP contribution >= 0.6 is 0 Å². The molecule has 2 fully saturated rings. The minimum Gasteiger partial charge on any atom is -0.368 e. The normalized spacial score (nSPS) is 24.5. The van der Waals surface area contributed by atoms with Crippen LogP contribution in [-0.4, -0.2) is 40.7 Å². The van der Waals surface area contributed by atoms with E-state index in [1.165, 1.54) is 12.8 Å². The topological polar surface area (TPSA) is 89.1 Å². The van der Waals surface area contributed by atoms with Crippen LogP contribution < -0.4 is 21.5 Å². The number of nitrogens with two attached hydrogens (primary N) is 1. The third-order valence-electron chi connectivity index (χ3n) is 5.92. The summed E-state index contributed by atoms with van der Waals surface area (Å²) in [7, 11) is 0. The Morgan fingerprint density at radius 2 is 1.96 bits per heavy atom. The van der Waals surface area contributed by atoms with Crippen molar-refractivity contribution < 1.29 is 0 Å². The van der Waals surface area contributed by atoms with E-state index in [2.05, 4.69) is 26.3 Å². The number of hydrogen-bond acceptors (Lipinski definition) is 6. The summed E-state index contributed by atoms with van der Waals surface area (Å²) in [5.74, 6) is 2.08. The quantitative estimate of drug-likeness (QED) is 0.844. The molecular weight excluding hydrogens is 328 g/mol. The summed E-state index contributed by atoms with van der Waals surface area (Å²) in [4.78, 5) is 23.8. The molecule has 2 atom stereocenters. The second-order valence-corrected chi connectivity index (χ2v) is 7.74. The number of piperidine rings is 1. The molecule has 2 saturated heterocycles. The smallest absolute Gasteiger partial charge is 0.251 e. The number of anilines is 2. The molecule has 3 aliphatic rings. The largest absolute Gasteiger partial charge is 0.368 e. The highest BCUT2D eigenvalue weighted by molar-refractivity contribution is 5.65. The number of nitrogens with zero attached hydrogens (tertiary/aromatic N) is 4. The van der Waals surface area contributed by atoms with Crippen molar-refractivity contribution in [1.29, 1.82) is 0 Å². The molecule has 26 heavy (non-hydrogen) atoms. The molecule has 2 aromatic rings. The van der Waals surface area contributed by atoms with Crippen molar-refractivity contribution >= 4 is 11.8 Å². The molecule has 0 radical (unpaired) electrons. The van der Waals surface area contributed by atoms with Gasteiger partial charge in [0.05, 0.1) is 5.69 Å². The number of aromatic nitrogens is 3. The SMILES string of the molecule is Nc1nc(-c2cc3n(c(=O)c2)C[C@@H]2CNC[C@H]3C2)cc(N2CCCC2)n1. The van der Waals surface area contributed by atoms with Crippen LogP contribution in [0, 0.1) is 5.92 Å². The number of nitrogen functional groups attached to an aromatic ring is 1. The molecule has 3 N–H and O–H groups in total. The van der Waals surface area contributed by atoms with E-state index in [0.29, 0.717) is 11.8 Å². The zero-order chi connectivity index (χ0) is 17.7. The van der Waals surface area contributed by atoms with E-state index in [1.807, 2.05) is 10.6 Å². The Balaban J connectivity index is 1.59. The van der Waals surface area contributed by atoms with Gasteiger partial charge in [0.1, 0.15) is 5.82 Å². The van der Waals surface area contributed by atoms with E-state index < -0.39 is 0 Å². The van der Waals surface area contributed by atoms with Gasteiger partial charge in [0.15, 0.2) is 0 Å². The Bertz CT molecular complexity index is 901. The lowest BCUT2D eigenvalue weighted by Gasteiger charge is -2.37. The zero-order valence-electron chi connectivity index (χ0n) is 14.8. The Kier molecular flexibility index (Phi) is 3.70. The molecule has 3 aliphatic heterocycles. The molecule has 5 heterocycles. The van der Waals surface area contributed by atoms with Gasteiger partial charge in [0.2, 0.25) is 5.95 Å². The van der Waals surface area contributed by atoms with Gasteiger partial charge >= 0.3 is 0 Å². The first-order chi connectivity index (χ1) is 12.7. The molecule has 7 nitrogen and oxygen atoms in total. The van der Waals surface area contributed by atoms with Gasteiger partial charge in [-0.25, -0.2) is 4.98 Å². The molecule has 0 aromatic carbocycles. The second-order valence-electron chi connectivity index (χ2n) is 7.74. The number of nitrogens with one attached hydrogen (secondary N) is 1. The summed E-state index contributed by atoms with van der Waals surface area (Å²) in [6, 6.07) is 5.80. The highest BCUT2D eigenvalue weighted by atomic mass is 16.1. The molecule has 7 heteroatoms. The fourth-order valence-corrected chi connectivity index (χ4v) is 4.66. The third kappa shape index (κ3) is 2.67. The molecular formula is C19H24N6O. The summed E-state index contributed by atoms with van der Waals surface area (Å²) in [5, 5.41) is 3.49. The fraction of sp³-hybridized carbons (Fsp3) is 0.526. The first kappa shape index (κ1) is 15.8. The average Bonchev–Trinajstić information content (AvgIpc) is 3.17. The van der Waals surface area contributed by atoms with Crippen molar-refractivity contribution in [3.63, 3.8) is 0 Å². The van der Waals surface area contributed by atoms with Gasteiger partial charge < -0.3 is 20.5 Å². The van der Waals surface area contributed by atoms with E-state index in [1.54, 1.807) is 6.07 Å². The standard InChI is InChI=1S/C19H24N6O/c20-19-22-15(8-17(23-19)24-3-1-2-4-24)13-6-16-14-5-12(9-21-10-14)11-25(16)18(26)7-13/h6-8,12,14,21H,1-5,9-11H2,(H2,20,22,23)/t12-,14+/m0/s1. The lowest BCUT2D eigenvalue weighted by atomic mass is 9.83. The van der Waals surface area contributed by atoms with Crippen LogP contribution in [0.4, 0.5) is 11.8 Å². The molecule has 2 aromatic heterocycles. The van der Waals surface area contributed by atoms with E-state index >= 15 is 0 Å². The van der Waals surface area contributed by atoms with Gasteiger partial charge in [0, 0.05) is 55.5 Å². The van der Waals surface area contributed by atoms with E-state index in [9.17, 15) is 4.79 Å². The van der Waals surface area contributed by atoms with Gasteiger partial charge in [-0.2, -0.15) is 4.98 Å². The van der Waals surface area contributed by atoms with Gasteiger partial charge in [-0.15, -0.1) is 0 Å². The van der Waals surface area contributed by atoms with Crippen LogP contribution in [0.25, 0.3) is 11.3 Å². The lowest BCUT2D eigenvalue weighted by Crippen LogP contribution is -2.44. The molecule has 5 rings (SSSR count). The highest BCUT2D eigenvalue weighted by Crippen LogP contribution is 2.34. The number of rotatable bonds is 2. The van der Waals surface area contributed by atoms with E-state index in [4.69, 9.17) is 5.73 Å². The molecule has 0 spiro atoms. The van der Waals surface area contributed by atoms with Crippen LogP contribution in [0.1, 0.15) is 30.9 Å². The molecule has 0 aliphatic carbocycles. The number of hydrogen-bond donors (Lipinski definition) is 2. The summed E-state index contributed by atoms with van der Waals surface area (Å²) in [5.41, 5.74) is 8.75. The van der Waals surface area contributed by atoms with Crippen LogP contribution in [0.2, 0.25) is 0 Å². The molecule has 0 unspecified atom stereocenters. The van der Waals surface area contributed by atoms with Crippen LogP contribution in [-0.2, 0) is 6.54 Å². The van der Waals surface area contributed by atoms with Crippen LogP contribution in [0.15, 0.2) is 23.0 Å². The summed E-state index contributed by atoms with van der Waals surface area (Å²) < 4.78 is 1.95. The van der Waals surface area contributed by atoms with Gasteiger partial charge in [-0.3, -0.25) is 4.79 Å². The van der Waals surface area contributed by atoms with Gasteiger partial charge in [-0.05, 0) is 37.8 Å². The Hall–Kier alpha value is -2.41. The van der Waals surface area contributed by atoms with Crippen LogP contribution in [0.5, 0.6) is 0 Å². The number of fused-ring (bicyclic) bond motifs is 4. The van der Waals surface area contributed by atoms with Crippen molar-refractivity contribution in [2.45, 2.75) is 31.7 Å². The summed E-state index contributed by atoms with van der Waals surface area (Å²) >= 11 is 0. The maximum absolute atomic E-state index is 12.8. The van der Waals surface area contributed by atoms with Crippen molar-refractivity contribution in [1.82, 2.24) is 19.9 Å². The number of pyridine rings is 1. The minimum absolute atomic E-state index is 0.0639. The van der Waals surface area contributed by atoms with Crippen molar-refractivity contribution in [2.75, 3.05) is 36.8 Å². The van der Waals surface area contributed by atoms with Crippen molar-refractivity contribution in [3.8, 4) is 11.3 Å². The highest BCUT2D eigenvalue weighted by Gasteiger charge is 2.31. The van der Waals surface area contributed by atoms with E-state index in [-0.39, 0.29) is 11.5 Å². The van der Waals surface area contributed by atoms with Crippen molar-refractivity contribution in [3.05, 3.63) is 34.2 Å². The molecule has 0 saturated carbocycles. The van der Waals surface area contributed by atoms with E-state index in [0.717, 1.165) is 61.9 Å². The molecule has 0 amide bonds. The maximum Gasteiger partial charge on any atom is 0.251 e. The molecule has 136 valence electrons. The van der Waals surface area contributed by atoms with Gasteiger partial charge in [0.25, 0.3) is 5.56 Å². The summed E-state index contributed by atoms with van der Waals surface area (Å²) in [6.07, 6.45) is 3.51. The lowest BCUT2D eigenvalue weighted by molar-refractivity contribution is 0.257. The van der Waals surface area contributed by atoms with Gasteiger partial charge in [-0.1, -0.05) is 0 Å². The second kappa shape index (κ2) is 6.09. The summed E-state index contributed by atoms with van der Waals surface area (Å²) in [6.45, 7) is 4.74. The van der Waals surface area contributed by atoms with Crippen molar-refractivity contribution in [2.24, 2.45) is 5.92 Å². The Morgan fingerprint density at radius 1 is 1.12 bits per heavy atom. The predicted octanol–water partition coefficient (Wildman–Crippen LogP) is 1.19. The predicted molar refractivity (Wildman–Crippen MR) is 101 cm³/mol. The Labute approximate surface area is 152 Å². The fourth-order valence-electron chi connectivity index (χ4n) is 4.66. The average molecular weight is 352 g/mol. The molecule has 2 bridgehead atoms. The first-order valence-corrected chi connectivity index (χ1v) is 9.53. The first-order valence-electron chi connectivity index (χ1n) is 9.53. The third-order valence-corrected chi connectivity index (χ3v) is 5.92. The monoisotopic (exact) mass is 352 g/mol. The minimum atomic E-state index is 0.0639. The maximum atomic E-state index is 12.8. The van der Waals surface area contributed by atoms with Crippen LogP contribution in [0.3, 0.4) is 0 Å². The Morgan fingerprint density at radius 3 is 2.81 bits per heavy atom. The zero-order valence-corrected chi connectivity index (χ0v) is 14.8.